The van der Waals surface area contributed by atoms with Crippen LogP contribution in [0.4, 0.5) is 5.13 Å². The molecule has 0 fully saturated rings. The van der Waals surface area contributed by atoms with Crippen LogP contribution in [0.3, 0.4) is 0 Å². The van der Waals surface area contributed by atoms with E-state index in [0.717, 1.165) is 5.01 Å². The molecule has 1 amide bonds. The maximum Gasteiger partial charge on any atom is 0.296 e. The number of carbonyl (C=O) groups excluding carboxylic acids is 2. The molecule has 2 aromatic heterocycles. The standard InChI is InChI=1S/C21H19N3O5S/c1-10(2)19-22-23-21(30-19)24-16(12-5-7-13(25)8-6-12)15(18(27)20(24)28)17(26)14-9-4-11(3)29-14/h4-10,16,25,27H,1-3H3/t16-/m0/s1. The Morgan fingerprint density at radius 3 is 2.40 bits per heavy atom. The van der Waals surface area contributed by atoms with Gasteiger partial charge in [-0.2, -0.15) is 0 Å². The van der Waals surface area contributed by atoms with E-state index < -0.39 is 23.5 Å². The topological polar surface area (TPSA) is 117 Å². The van der Waals surface area contributed by atoms with Crippen LogP contribution in [0.2, 0.25) is 0 Å². The minimum atomic E-state index is -0.941. The van der Waals surface area contributed by atoms with Gasteiger partial charge in [-0.05, 0) is 36.8 Å². The van der Waals surface area contributed by atoms with E-state index in [1.165, 1.54) is 34.4 Å². The van der Waals surface area contributed by atoms with Crippen molar-refractivity contribution in [1.29, 1.82) is 0 Å². The van der Waals surface area contributed by atoms with Gasteiger partial charge < -0.3 is 14.6 Å². The van der Waals surface area contributed by atoms with E-state index in [2.05, 4.69) is 10.2 Å². The zero-order valence-corrected chi connectivity index (χ0v) is 17.3. The third kappa shape index (κ3) is 3.26. The van der Waals surface area contributed by atoms with Gasteiger partial charge in [-0.15, -0.1) is 10.2 Å². The molecule has 8 nitrogen and oxygen atoms in total. The van der Waals surface area contributed by atoms with Crippen molar-refractivity contribution in [1.82, 2.24) is 10.2 Å². The molecular formula is C21H19N3O5S. The number of aromatic nitrogens is 2. The number of aromatic hydroxyl groups is 1. The number of ketones is 1. The van der Waals surface area contributed by atoms with E-state index >= 15 is 0 Å². The fourth-order valence-corrected chi connectivity index (χ4v) is 4.13. The fourth-order valence-electron chi connectivity index (χ4n) is 3.25. The van der Waals surface area contributed by atoms with Crippen molar-refractivity contribution < 1.29 is 24.2 Å². The van der Waals surface area contributed by atoms with E-state index in [4.69, 9.17) is 4.42 Å². The summed E-state index contributed by atoms with van der Waals surface area (Å²) >= 11 is 1.22. The van der Waals surface area contributed by atoms with Crippen molar-refractivity contribution in [2.75, 3.05) is 4.90 Å². The molecule has 154 valence electrons. The number of furan rings is 1. The van der Waals surface area contributed by atoms with Crippen LogP contribution in [-0.2, 0) is 4.79 Å². The molecule has 30 heavy (non-hydrogen) atoms. The van der Waals surface area contributed by atoms with Gasteiger partial charge in [-0.1, -0.05) is 37.3 Å². The molecule has 3 aromatic rings. The highest BCUT2D eigenvalue weighted by Crippen LogP contribution is 2.43. The molecule has 1 aliphatic heterocycles. The lowest BCUT2D eigenvalue weighted by molar-refractivity contribution is -0.117. The Kier molecular flexibility index (Phi) is 4.90. The second-order valence-electron chi connectivity index (χ2n) is 7.25. The fraction of sp³-hybridized carbons (Fsp3) is 0.238. The molecule has 0 saturated heterocycles. The van der Waals surface area contributed by atoms with E-state index in [9.17, 15) is 19.8 Å². The lowest BCUT2D eigenvalue weighted by atomic mass is 9.95. The highest BCUT2D eigenvalue weighted by molar-refractivity contribution is 7.15. The molecule has 0 unspecified atom stereocenters. The first-order chi connectivity index (χ1) is 14.3. The average Bonchev–Trinajstić information content (AvgIpc) is 3.41. The number of phenols is 1. The third-order valence-corrected chi connectivity index (χ3v) is 5.98. The van der Waals surface area contributed by atoms with Crippen LogP contribution in [0.25, 0.3) is 0 Å². The molecule has 0 bridgehead atoms. The Morgan fingerprint density at radius 1 is 1.13 bits per heavy atom. The van der Waals surface area contributed by atoms with Gasteiger partial charge >= 0.3 is 0 Å². The normalized spacial score (nSPS) is 16.7. The number of hydrogen-bond acceptors (Lipinski definition) is 8. The van der Waals surface area contributed by atoms with Gasteiger partial charge in [0.05, 0.1) is 11.6 Å². The van der Waals surface area contributed by atoms with Gasteiger partial charge in [0.25, 0.3) is 5.91 Å². The number of aliphatic hydroxyl groups excluding tert-OH is 1. The Labute approximate surface area is 176 Å². The molecule has 1 aromatic carbocycles. The van der Waals surface area contributed by atoms with E-state index in [0.29, 0.717) is 11.3 Å². The molecule has 0 radical (unpaired) electrons. The monoisotopic (exact) mass is 425 g/mol. The Hall–Kier alpha value is -3.46. The molecule has 0 saturated carbocycles. The first-order valence-corrected chi connectivity index (χ1v) is 10.1. The maximum atomic E-state index is 13.2. The second kappa shape index (κ2) is 7.42. The highest BCUT2D eigenvalue weighted by Gasteiger charge is 2.46. The number of carbonyl (C=O) groups is 2. The Bertz CT molecular complexity index is 1160. The summed E-state index contributed by atoms with van der Waals surface area (Å²) in [4.78, 5) is 27.5. The lowest BCUT2D eigenvalue weighted by Gasteiger charge is -2.23. The van der Waals surface area contributed by atoms with Gasteiger partial charge in [0.15, 0.2) is 11.5 Å². The summed E-state index contributed by atoms with van der Waals surface area (Å²) in [6, 6.07) is 8.27. The summed E-state index contributed by atoms with van der Waals surface area (Å²) in [6.45, 7) is 5.61. The SMILES string of the molecule is Cc1ccc(C(=O)C2=C(O)C(=O)N(c3nnc(C(C)C)s3)[C@H]2c2ccc(O)cc2)o1. The largest absolute Gasteiger partial charge is 0.508 e. The Balaban J connectivity index is 1.85. The zero-order valence-electron chi connectivity index (χ0n) is 16.5. The van der Waals surface area contributed by atoms with Gasteiger partial charge in [-0.25, -0.2) is 0 Å². The van der Waals surface area contributed by atoms with Gasteiger partial charge in [0.1, 0.15) is 16.5 Å². The molecule has 9 heteroatoms. The molecule has 3 heterocycles. The first kappa shape index (κ1) is 19.8. The van der Waals surface area contributed by atoms with E-state index in [-0.39, 0.29) is 28.1 Å². The summed E-state index contributed by atoms with van der Waals surface area (Å²) in [6.07, 6.45) is 0. The number of anilines is 1. The molecule has 1 aliphatic rings. The van der Waals surface area contributed by atoms with Crippen LogP contribution in [0.15, 0.2) is 52.1 Å². The van der Waals surface area contributed by atoms with Crippen molar-refractivity contribution in [2.45, 2.75) is 32.7 Å². The minimum Gasteiger partial charge on any atom is -0.508 e. The number of rotatable bonds is 5. The van der Waals surface area contributed by atoms with Crippen LogP contribution in [0, 0.1) is 6.92 Å². The van der Waals surface area contributed by atoms with Crippen LogP contribution >= 0.6 is 11.3 Å². The van der Waals surface area contributed by atoms with Crippen LogP contribution in [0.5, 0.6) is 5.75 Å². The second-order valence-corrected chi connectivity index (χ2v) is 8.24. The van der Waals surface area contributed by atoms with Crippen molar-refractivity contribution in [3.05, 3.63) is 69.8 Å². The highest BCUT2D eigenvalue weighted by atomic mass is 32.1. The predicted octanol–water partition coefficient (Wildman–Crippen LogP) is 4.05. The van der Waals surface area contributed by atoms with Gasteiger partial charge in [-0.3, -0.25) is 14.5 Å². The van der Waals surface area contributed by atoms with E-state index in [1.807, 2.05) is 13.8 Å². The molecule has 4 rings (SSSR count). The van der Waals surface area contributed by atoms with Crippen LogP contribution in [-0.4, -0.2) is 32.1 Å². The molecule has 2 N–H and O–H groups in total. The average molecular weight is 425 g/mol. The summed E-state index contributed by atoms with van der Waals surface area (Å²) in [5, 5.41) is 29.6. The Morgan fingerprint density at radius 2 is 1.83 bits per heavy atom. The number of aliphatic hydroxyl groups is 1. The summed E-state index contributed by atoms with van der Waals surface area (Å²) < 4.78 is 5.43. The van der Waals surface area contributed by atoms with Crippen molar-refractivity contribution >= 4 is 28.2 Å². The van der Waals surface area contributed by atoms with Crippen molar-refractivity contribution in [3.8, 4) is 5.75 Å². The number of benzene rings is 1. The number of nitrogens with zero attached hydrogens (tertiary/aromatic N) is 3. The third-order valence-electron chi connectivity index (χ3n) is 4.76. The number of aryl methyl sites for hydroxylation is 1. The number of phenolic OH excluding ortho intramolecular Hbond substituents is 1. The summed E-state index contributed by atoms with van der Waals surface area (Å²) in [5.41, 5.74) is 0.416. The number of amides is 1. The lowest BCUT2D eigenvalue weighted by Crippen LogP contribution is -2.31. The van der Waals surface area contributed by atoms with E-state index in [1.54, 1.807) is 25.1 Å². The van der Waals surface area contributed by atoms with Gasteiger partial charge in [0.2, 0.25) is 10.9 Å². The summed E-state index contributed by atoms with van der Waals surface area (Å²) in [5.74, 6) is -1.30. The van der Waals surface area contributed by atoms with Crippen LogP contribution in [0.1, 0.15) is 52.7 Å². The van der Waals surface area contributed by atoms with Crippen molar-refractivity contribution in [3.63, 3.8) is 0 Å². The molecule has 0 spiro atoms. The predicted molar refractivity (Wildman–Crippen MR) is 110 cm³/mol. The maximum absolute atomic E-state index is 13.2. The first-order valence-electron chi connectivity index (χ1n) is 9.28. The van der Waals surface area contributed by atoms with Crippen molar-refractivity contribution in [2.24, 2.45) is 0 Å². The zero-order chi connectivity index (χ0) is 21.6. The minimum absolute atomic E-state index is 0.0209. The summed E-state index contributed by atoms with van der Waals surface area (Å²) in [7, 11) is 0. The smallest absolute Gasteiger partial charge is 0.296 e. The number of Topliss-reactive ketones (excluding diaryl/α,β-unsaturated/α-hetero) is 1. The van der Waals surface area contributed by atoms with Gasteiger partial charge in [0, 0.05) is 5.92 Å². The van der Waals surface area contributed by atoms with Crippen LogP contribution < -0.4 is 4.90 Å². The quantitative estimate of drug-likeness (QED) is 0.592. The molecule has 0 aliphatic carbocycles. The number of hydrogen-bond donors (Lipinski definition) is 2. The molecular weight excluding hydrogens is 406 g/mol. The molecule has 1 atom stereocenters.